The first-order valence-corrected chi connectivity index (χ1v) is 7.53. The van der Waals surface area contributed by atoms with Crippen LogP contribution in [0.2, 0.25) is 0 Å². The van der Waals surface area contributed by atoms with Gasteiger partial charge in [-0.25, -0.2) is 9.18 Å². The number of piperazine rings is 1. The first-order valence-electron chi connectivity index (χ1n) is 7.53. The summed E-state index contributed by atoms with van der Waals surface area (Å²) in [5.74, 6) is -0.366. The van der Waals surface area contributed by atoms with Crippen LogP contribution in [0.5, 0.6) is 0 Å². The van der Waals surface area contributed by atoms with Crippen LogP contribution in [0.15, 0.2) is 24.3 Å². The van der Waals surface area contributed by atoms with Gasteiger partial charge in [-0.15, -0.1) is 0 Å². The predicted octanol–water partition coefficient (Wildman–Crippen LogP) is 1.63. The summed E-state index contributed by atoms with van der Waals surface area (Å²) < 4.78 is 13.1. The van der Waals surface area contributed by atoms with E-state index in [0.717, 1.165) is 0 Å². The summed E-state index contributed by atoms with van der Waals surface area (Å²) in [6, 6.07) is 6.09. The van der Waals surface area contributed by atoms with Crippen LogP contribution in [-0.4, -0.2) is 54.0 Å². The second-order valence-corrected chi connectivity index (χ2v) is 5.78. The van der Waals surface area contributed by atoms with E-state index in [-0.39, 0.29) is 30.2 Å². The molecule has 1 saturated heterocycles. The fourth-order valence-corrected chi connectivity index (χ4v) is 2.43. The molecule has 2 rings (SSSR count). The molecule has 6 heteroatoms. The molecular formula is C16H22FN3O2. The average Bonchev–Trinajstić information content (AvgIpc) is 2.46. The quantitative estimate of drug-likeness (QED) is 0.923. The van der Waals surface area contributed by atoms with E-state index in [1.807, 2.05) is 13.8 Å². The topological polar surface area (TPSA) is 52.7 Å². The monoisotopic (exact) mass is 307 g/mol. The van der Waals surface area contributed by atoms with Crippen LogP contribution in [0.25, 0.3) is 0 Å². The fraction of sp³-hybridized carbons (Fsp3) is 0.500. The fourth-order valence-electron chi connectivity index (χ4n) is 2.43. The predicted molar refractivity (Wildman–Crippen MR) is 81.9 cm³/mol. The van der Waals surface area contributed by atoms with Gasteiger partial charge < -0.3 is 15.1 Å². The van der Waals surface area contributed by atoms with Crippen molar-refractivity contribution in [1.82, 2.24) is 15.1 Å². The van der Waals surface area contributed by atoms with Gasteiger partial charge in [-0.05, 0) is 31.5 Å². The van der Waals surface area contributed by atoms with Gasteiger partial charge in [-0.3, -0.25) is 4.79 Å². The molecule has 0 atom stereocenters. The third kappa shape index (κ3) is 4.44. The number of carbonyl (C=O) groups excluding carboxylic acids is 2. The Morgan fingerprint density at radius 3 is 2.41 bits per heavy atom. The van der Waals surface area contributed by atoms with Crippen LogP contribution < -0.4 is 5.32 Å². The van der Waals surface area contributed by atoms with Crippen LogP contribution in [0.1, 0.15) is 19.4 Å². The molecule has 0 spiro atoms. The lowest BCUT2D eigenvalue weighted by Crippen LogP contribution is -2.54. The SMILES string of the molecule is CC(C)NC(=O)N1CCN(C(=O)Cc2cccc(F)c2)CC1. The van der Waals surface area contributed by atoms with Gasteiger partial charge in [-0.1, -0.05) is 12.1 Å². The van der Waals surface area contributed by atoms with Gasteiger partial charge in [0.25, 0.3) is 0 Å². The van der Waals surface area contributed by atoms with E-state index in [1.165, 1.54) is 12.1 Å². The third-order valence-corrected chi connectivity index (χ3v) is 3.58. The lowest BCUT2D eigenvalue weighted by Gasteiger charge is -2.35. The molecule has 1 fully saturated rings. The number of nitrogens with one attached hydrogen (secondary N) is 1. The Hall–Kier alpha value is -2.11. The minimum absolute atomic E-state index is 0.0329. The number of halogens is 1. The Morgan fingerprint density at radius 1 is 1.18 bits per heavy atom. The Labute approximate surface area is 130 Å². The second kappa shape index (κ2) is 7.24. The van der Waals surface area contributed by atoms with E-state index >= 15 is 0 Å². The maximum absolute atomic E-state index is 13.1. The number of rotatable bonds is 3. The van der Waals surface area contributed by atoms with Crippen molar-refractivity contribution in [2.45, 2.75) is 26.3 Å². The highest BCUT2D eigenvalue weighted by Gasteiger charge is 2.24. The largest absolute Gasteiger partial charge is 0.339 e. The molecule has 5 nitrogen and oxygen atoms in total. The van der Waals surface area contributed by atoms with E-state index in [9.17, 15) is 14.0 Å². The zero-order valence-electron chi connectivity index (χ0n) is 13.0. The summed E-state index contributed by atoms with van der Waals surface area (Å²) in [7, 11) is 0. The van der Waals surface area contributed by atoms with Crippen molar-refractivity contribution in [2.24, 2.45) is 0 Å². The smallest absolute Gasteiger partial charge is 0.317 e. The van der Waals surface area contributed by atoms with Crippen molar-refractivity contribution < 1.29 is 14.0 Å². The molecule has 1 aliphatic heterocycles. The molecular weight excluding hydrogens is 285 g/mol. The number of nitrogens with zero attached hydrogens (tertiary/aromatic N) is 2. The first kappa shape index (κ1) is 16.3. The van der Waals surface area contributed by atoms with Gasteiger partial charge in [0.05, 0.1) is 6.42 Å². The molecule has 0 bridgehead atoms. The van der Waals surface area contributed by atoms with Crippen molar-refractivity contribution in [3.63, 3.8) is 0 Å². The van der Waals surface area contributed by atoms with Crippen LogP contribution in [-0.2, 0) is 11.2 Å². The van der Waals surface area contributed by atoms with Crippen molar-refractivity contribution in [1.29, 1.82) is 0 Å². The Bertz CT molecular complexity index is 540. The Balaban J connectivity index is 1.83. The highest BCUT2D eigenvalue weighted by Crippen LogP contribution is 2.09. The summed E-state index contributed by atoms with van der Waals surface area (Å²) in [4.78, 5) is 27.5. The van der Waals surface area contributed by atoms with Gasteiger partial charge in [0, 0.05) is 32.2 Å². The summed E-state index contributed by atoms with van der Waals surface area (Å²) in [6.45, 7) is 5.90. The molecule has 0 radical (unpaired) electrons. The van der Waals surface area contributed by atoms with Gasteiger partial charge >= 0.3 is 6.03 Å². The molecule has 0 aliphatic carbocycles. The minimum atomic E-state index is -0.333. The molecule has 120 valence electrons. The molecule has 1 aromatic carbocycles. The molecule has 1 aromatic rings. The zero-order valence-corrected chi connectivity index (χ0v) is 13.0. The van der Waals surface area contributed by atoms with Crippen molar-refractivity contribution in [3.05, 3.63) is 35.6 Å². The number of hydrogen-bond acceptors (Lipinski definition) is 2. The number of hydrogen-bond donors (Lipinski definition) is 1. The number of amides is 3. The number of urea groups is 1. The molecule has 3 amide bonds. The maximum atomic E-state index is 13.1. The van der Waals surface area contributed by atoms with Crippen LogP contribution in [0, 0.1) is 5.82 Å². The summed E-state index contributed by atoms with van der Waals surface area (Å²) in [5.41, 5.74) is 0.671. The first-order chi connectivity index (χ1) is 10.5. The van der Waals surface area contributed by atoms with E-state index in [1.54, 1.807) is 21.9 Å². The highest BCUT2D eigenvalue weighted by molar-refractivity contribution is 5.79. The molecule has 0 unspecified atom stereocenters. The highest BCUT2D eigenvalue weighted by atomic mass is 19.1. The normalized spacial score (nSPS) is 15.1. The standard InChI is InChI=1S/C16H22FN3O2/c1-12(2)18-16(22)20-8-6-19(7-9-20)15(21)11-13-4-3-5-14(17)10-13/h3-5,10,12H,6-9,11H2,1-2H3,(H,18,22). The molecule has 1 aliphatic rings. The van der Waals surface area contributed by atoms with Gasteiger partial charge in [0.15, 0.2) is 0 Å². The van der Waals surface area contributed by atoms with E-state index < -0.39 is 0 Å². The van der Waals surface area contributed by atoms with Crippen LogP contribution in [0.4, 0.5) is 9.18 Å². The maximum Gasteiger partial charge on any atom is 0.317 e. The van der Waals surface area contributed by atoms with Gasteiger partial charge in [0.2, 0.25) is 5.91 Å². The molecule has 0 saturated carbocycles. The summed E-state index contributed by atoms with van der Waals surface area (Å²) >= 11 is 0. The molecule has 1 N–H and O–H groups in total. The average molecular weight is 307 g/mol. The molecule has 22 heavy (non-hydrogen) atoms. The van der Waals surface area contributed by atoms with E-state index in [4.69, 9.17) is 0 Å². The van der Waals surface area contributed by atoms with E-state index in [0.29, 0.717) is 31.7 Å². The van der Waals surface area contributed by atoms with Crippen molar-refractivity contribution in [3.8, 4) is 0 Å². The number of benzene rings is 1. The summed E-state index contributed by atoms with van der Waals surface area (Å²) in [6.07, 6.45) is 0.190. The lowest BCUT2D eigenvalue weighted by molar-refractivity contribution is -0.131. The zero-order chi connectivity index (χ0) is 16.1. The second-order valence-electron chi connectivity index (χ2n) is 5.78. The van der Waals surface area contributed by atoms with Gasteiger partial charge in [-0.2, -0.15) is 0 Å². The summed E-state index contributed by atoms with van der Waals surface area (Å²) in [5, 5.41) is 2.84. The molecule has 0 aromatic heterocycles. The van der Waals surface area contributed by atoms with Crippen LogP contribution in [0.3, 0.4) is 0 Å². The van der Waals surface area contributed by atoms with Crippen molar-refractivity contribution in [2.75, 3.05) is 26.2 Å². The van der Waals surface area contributed by atoms with Crippen LogP contribution >= 0.6 is 0 Å². The minimum Gasteiger partial charge on any atom is -0.339 e. The lowest BCUT2D eigenvalue weighted by atomic mass is 10.1. The Morgan fingerprint density at radius 2 is 1.82 bits per heavy atom. The van der Waals surface area contributed by atoms with Gasteiger partial charge in [0.1, 0.15) is 5.82 Å². The Kier molecular flexibility index (Phi) is 5.35. The van der Waals surface area contributed by atoms with Crippen molar-refractivity contribution >= 4 is 11.9 Å². The molecule has 1 heterocycles. The number of carbonyl (C=O) groups is 2. The third-order valence-electron chi connectivity index (χ3n) is 3.58. The van der Waals surface area contributed by atoms with E-state index in [2.05, 4.69) is 5.32 Å².